The van der Waals surface area contributed by atoms with Crippen LogP contribution >= 0.6 is 11.3 Å². The first-order valence-electron chi connectivity index (χ1n) is 10.6. The molecule has 0 saturated carbocycles. The van der Waals surface area contributed by atoms with Crippen molar-refractivity contribution in [3.05, 3.63) is 102 Å². The van der Waals surface area contributed by atoms with Crippen LogP contribution in [0.1, 0.15) is 5.56 Å². The normalized spacial score (nSPS) is 11.4. The summed E-state index contributed by atoms with van der Waals surface area (Å²) in [6.45, 7) is 2.89. The molecular formula is C27H25N3S. The molecule has 2 aromatic carbocycles. The average molecular weight is 424 g/mol. The lowest BCUT2D eigenvalue weighted by molar-refractivity contribution is 0.313. The highest BCUT2D eigenvalue weighted by Gasteiger charge is 2.12. The third-order valence-electron chi connectivity index (χ3n) is 5.71. The van der Waals surface area contributed by atoms with Crippen molar-refractivity contribution < 1.29 is 0 Å². The van der Waals surface area contributed by atoms with E-state index in [0.717, 1.165) is 30.8 Å². The SMILES string of the molecule is CN(CCn1cc(-c2cncc(-c3ccsc3)c2)c2ccccc21)Cc1ccccc1. The number of rotatable bonds is 7. The summed E-state index contributed by atoms with van der Waals surface area (Å²) < 4.78 is 2.38. The van der Waals surface area contributed by atoms with Gasteiger partial charge in [0.2, 0.25) is 0 Å². The number of hydrogen-bond acceptors (Lipinski definition) is 3. The summed E-state index contributed by atoms with van der Waals surface area (Å²) in [6.07, 6.45) is 6.21. The summed E-state index contributed by atoms with van der Waals surface area (Å²) in [6, 6.07) is 23.7. The summed E-state index contributed by atoms with van der Waals surface area (Å²) >= 11 is 1.72. The van der Waals surface area contributed by atoms with Gasteiger partial charge < -0.3 is 9.47 Å². The van der Waals surface area contributed by atoms with Crippen LogP contribution in [-0.2, 0) is 13.1 Å². The van der Waals surface area contributed by atoms with Gasteiger partial charge in [-0.05, 0) is 47.1 Å². The number of fused-ring (bicyclic) bond motifs is 1. The molecule has 3 heterocycles. The number of hydrogen-bond donors (Lipinski definition) is 0. The highest BCUT2D eigenvalue weighted by molar-refractivity contribution is 7.08. The number of nitrogens with zero attached hydrogens (tertiary/aromatic N) is 3. The fourth-order valence-corrected chi connectivity index (χ4v) is 4.75. The van der Waals surface area contributed by atoms with Gasteiger partial charge in [0.15, 0.2) is 0 Å². The van der Waals surface area contributed by atoms with Gasteiger partial charge in [-0.2, -0.15) is 11.3 Å². The Morgan fingerprint density at radius 1 is 0.903 bits per heavy atom. The first kappa shape index (κ1) is 19.7. The second-order valence-electron chi connectivity index (χ2n) is 7.95. The maximum absolute atomic E-state index is 4.54. The van der Waals surface area contributed by atoms with Crippen molar-refractivity contribution in [2.75, 3.05) is 13.6 Å². The third-order valence-corrected chi connectivity index (χ3v) is 6.39. The molecule has 5 aromatic rings. The molecule has 0 fully saturated rings. The van der Waals surface area contributed by atoms with Crippen molar-refractivity contribution in [3.63, 3.8) is 0 Å². The molecule has 4 heteroatoms. The Balaban J connectivity index is 1.42. The highest BCUT2D eigenvalue weighted by atomic mass is 32.1. The van der Waals surface area contributed by atoms with E-state index >= 15 is 0 Å². The number of para-hydroxylation sites is 1. The molecule has 0 unspecified atom stereocenters. The molecule has 0 aliphatic heterocycles. The minimum Gasteiger partial charge on any atom is -0.346 e. The van der Waals surface area contributed by atoms with Gasteiger partial charge >= 0.3 is 0 Å². The molecular weight excluding hydrogens is 398 g/mol. The topological polar surface area (TPSA) is 21.1 Å². The molecule has 0 radical (unpaired) electrons. The Morgan fingerprint density at radius 2 is 1.71 bits per heavy atom. The maximum Gasteiger partial charge on any atom is 0.0487 e. The Labute approximate surface area is 187 Å². The number of aromatic nitrogens is 2. The highest BCUT2D eigenvalue weighted by Crippen LogP contribution is 2.33. The largest absolute Gasteiger partial charge is 0.346 e. The van der Waals surface area contributed by atoms with Crippen LogP contribution in [0, 0.1) is 0 Å². The van der Waals surface area contributed by atoms with Crippen LogP contribution in [0.15, 0.2) is 96.1 Å². The predicted octanol–water partition coefficient (Wildman–Crippen LogP) is 6.56. The van der Waals surface area contributed by atoms with E-state index in [1.807, 2.05) is 12.4 Å². The van der Waals surface area contributed by atoms with Gasteiger partial charge in [0.1, 0.15) is 0 Å². The molecule has 0 saturated heterocycles. The lowest BCUT2D eigenvalue weighted by Crippen LogP contribution is -2.22. The summed E-state index contributed by atoms with van der Waals surface area (Å²) in [4.78, 5) is 6.92. The van der Waals surface area contributed by atoms with Crippen molar-refractivity contribution in [3.8, 4) is 22.3 Å². The smallest absolute Gasteiger partial charge is 0.0487 e. The van der Waals surface area contributed by atoms with Crippen molar-refractivity contribution in [2.24, 2.45) is 0 Å². The van der Waals surface area contributed by atoms with Gasteiger partial charge in [-0.25, -0.2) is 0 Å². The quantitative estimate of drug-likeness (QED) is 0.295. The zero-order chi connectivity index (χ0) is 21.0. The van der Waals surface area contributed by atoms with E-state index in [1.165, 1.54) is 27.6 Å². The lowest BCUT2D eigenvalue weighted by atomic mass is 10.0. The fraction of sp³-hybridized carbons (Fsp3) is 0.148. The van der Waals surface area contributed by atoms with E-state index in [9.17, 15) is 0 Å². The molecule has 5 rings (SSSR count). The van der Waals surface area contributed by atoms with Crippen molar-refractivity contribution in [1.29, 1.82) is 0 Å². The summed E-state index contributed by atoms with van der Waals surface area (Å²) in [5, 5.41) is 5.56. The number of benzene rings is 2. The second-order valence-corrected chi connectivity index (χ2v) is 8.73. The van der Waals surface area contributed by atoms with E-state index in [4.69, 9.17) is 0 Å². The molecule has 0 atom stereocenters. The van der Waals surface area contributed by atoms with E-state index < -0.39 is 0 Å². The van der Waals surface area contributed by atoms with Gasteiger partial charge in [0.05, 0.1) is 0 Å². The van der Waals surface area contributed by atoms with Crippen molar-refractivity contribution in [2.45, 2.75) is 13.1 Å². The lowest BCUT2D eigenvalue weighted by Gasteiger charge is -2.17. The van der Waals surface area contributed by atoms with Crippen molar-refractivity contribution >= 4 is 22.2 Å². The van der Waals surface area contributed by atoms with Crippen LogP contribution in [0.3, 0.4) is 0 Å². The zero-order valence-electron chi connectivity index (χ0n) is 17.6. The summed E-state index contributed by atoms with van der Waals surface area (Å²) in [7, 11) is 2.19. The van der Waals surface area contributed by atoms with Gasteiger partial charge in [-0.1, -0.05) is 48.5 Å². The van der Waals surface area contributed by atoms with Gasteiger partial charge in [-0.3, -0.25) is 4.98 Å². The molecule has 3 nitrogen and oxygen atoms in total. The molecule has 0 amide bonds. The second kappa shape index (κ2) is 8.88. The molecule has 3 aromatic heterocycles. The van der Waals surface area contributed by atoms with Crippen LogP contribution < -0.4 is 0 Å². The number of thiophene rings is 1. The molecule has 31 heavy (non-hydrogen) atoms. The molecule has 154 valence electrons. The number of pyridine rings is 1. The molecule has 0 bridgehead atoms. The molecule has 0 N–H and O–H groups in total. The molecule has 0 aliphatic rings. The van der Waals surface area contributed by atoms with Gasteiger partial charge in [0, 0.05) is 65.8 Å². The minimum absolute atomic E-state index is 0.946. The van der Waals surface area contributed by atoms with Crippen LogP contribution in [0.5, 0.6) is 0 Å². The van der Waals surface area contributed by atoms with E-state index in [2.05, 4.69) is 105 Å². The fourth-order valence-electron chi connectivity index (χ4n) is 4.09. The first-order valence-corrected chi connectivity index (χ1v) is 11.5. The zero-order valence-corrected chi connectivity index (χ0v) is 18.4. The van der Waals surface area contributed by atoms with E-state index in [-0.39, 0.29) is 0 Å². The van der Waals surface area contributed by atoms with E-state index in [1.54, 1.807) is 11.3 Å². The predicted molar refractivity (Wildman–Crippen MR) is 131 cm³/mol. The maximum atomic E-state index is 4.54. The monoisotopic (exact) mass is 423 g/mol. The standard InChI is InChI=1S/C27H25N3S/c1-29(18-21-7-3-2-4-8-21)12-13-30-19-26(25-9-5-6-10-27(25)30)24-15-23(16-28-17-24)22-11-14-31-20-22/h2-11,14-17,19-20H,12-13,18H2,1H3. The molecule has 0 aliphatic carbocycles. The van der Waals surface area contributed by atoms with Crippen LogP contribution in [0.2, 0.25) is 0 Å². The van der Waals surface area contributed by atoms with Gasteiger partial charge in [0.25, 0.3) is 0 Å². The third kappa shape index (κ3) is 4.31. The van der Waals surface area contributed by atoms with Crippen LogP contribution in [0.25, 0.3) is 33.2 Å². The Kier molecular flexibility index (Phi) is 5.65. The Hall–Kier alpha value is -3.21. The van der Waals surface area contributed by atoms with Crippen LogP contribution in [-0.4, -0.2) is 28.0 Å². The minimum atomic E-state index is 0.946. The average Bonchev–Trinajstić information content (AvgIpc) is 3.47. The summed E-state index contributed by atoms with van der Waals surface area (Å²) in [5.41, 5.74) is 7.41. The van der Waals surface area contributed by atoms with E-state index in [0.29, 0.717) is 0 Å². The van der Waals surface area contributed by atoms with Crippen molar-refractivity contribution in [1.82, 2.24) is 14.5 Å². The first-order chi connectivity index (χ1) is 15.3. The molecule has 0 spiro atoms. The Bertz CT molecular complexity index is 1270. The summed E-state index contributed by atoms with van der Waals surface area (Å²) in [5.74, 6) is 0. The Morgan fingerprint density at radius 3 is 2.55 bits per heavy atom. The van der Waals surface area contributed by atoms with Gasteiger partial charge in [-0.15, -0.1) is 0 Å². The van der Waals surface area contributed by atoms with Crippen LogP contribution in [0.4, 0.5) is 0 Å². The number of likely N-dealkylation sites (N-methyl/N-ethyl adjacent to an activating group) is 1.